The number of benzene rings is 1. The second-order valence-electron chi connectivity index (χ2n) is 5.10. The highest BCUT2D eigenvalue weighted by atomic mass is 32.2. The number of hydrogen-bond acceptors (Lipinski definition) is 4. The van der Waals surface area contributed by atoms with Gasteiger partial charge < -0.3 is 10.1 Å². The van der Waals surface area contributed by atoms with Crippen molar-refractivity contribution in [3.63, 3.8) is 0 Å². The average Bonchev–Trinajstić information content (AvgIpc) is 2.83. The van der Waals surface area contributed by atoms with E-state index in [0.29, 0.717) is 24.6 Å². The van der Waals surface area contributed by atoms with Crippen LogP contribution in [-0.4, -0.2) is 51.1 Å². The van der Waals surface area contributed by atoms with Crippen molar-refractivity contribution in [1.29, 1.82) is 0 Å². The first-order chi connectivity index (χ1) is 9.07. The monoisotopic (exact) mass is 282 g/mol. The van der Waals surface area contributed by atoms with E-state index in [2.05, 4.69) is 5.32 Å². The number of aryl methyl sites for hydroxylation is 1. The Morgan fingerprint density at radius 3 is 2.68 bits per heavy atom. The fraction of sp³-hybridized carbons (Fsp3) is 0.538. The van der Waals surface area contributed by atoms with Gasteiger partial charge in [-0.2, -0.15) is 4.31 Å². The normalized spacial score (nSPS) is 28.3. The van der Waals surface area contributed by atoms with Gasteiger partial charge >= 0.3 is 0 Å². The smallest absolute Gasteiger partial charge is 0.243 e. The maximum atomic E-state index is 12.5. The number of morpholine rings is 1. The van der Waals surface area contributed by atoms with Crippen LogP contribution in [0.5, 0.6) is 0 Å². The van der Waals surface area contributed by atoms with E-state index in [1.54, 1.807) is 12.1 Å². The molecule has 2 fully saturated rings. The SMILES string of the molecule is Cc1ccc(S(=O)(=O)N2CC3OCCN[C@H]3C2)cc1. The first-order valence-electron chi connectivity index (χ1n) is 6.49. The molecule has 2 aliphatic heterocycles. The molecule has 3 rings (SSSR count). The molecule has 1 unspecified atom stereocenters. The summed E-state index contributed by atoms with van der Waals surface area (Å²) in [6, 6.07) is 7.10. The maximum absolute atomic E-state index is 12.5. The Kier molecular flexibility index (Phi) is 3.34. The molecule has 1 N–H and O–H groups in total. The summed E-state index contributed by atoms with van der Waals surface area (Å²) in [5, 5.41) is 3.31. The van der Waals surface area contributed by atoms with Gasteiger partial charge in [0.15, 0.2) is 0 Å². The molecule has 1 aromatic rings. The predicted octanol–water partition coefficient (Wildman–Crippen LogP) is 0.356. The zero-order valence-electron chi connectivity index (χ0n) is 10.9. The van der Waals surface area contributed by atoms with Crippen LogP contribution in [0.2, 0.25) is 0 Å². The minimum Gasteiger partial charge on any atom is -0.374 e. The van der Waals surface area contributed by atoms with Gasteiger partial charge in [-0.3, -0.25) is 0 Å². The van der Waals surface area contributed by atoms with E-state index >= 15 is 0 Å². The molecule has 6 heteroatoms. The van der Waals surface area contributed by atoms with E-state index in [1.165, 1.54) is 4.31 Å². The summed E-state index contributed by atoms with van der Waals surface area (Å²) in [5.41, 5.74) is 1.05. The van der Waals surface area contributed by atoms with Crippen molar-refractivity contribution in [1.82, 2.24) is 9.62 Å². The third-order valence-corrected chi connectivity index (χ3v) is 5.58. The van der Waals surface area contributed by atoms with Gasteiger partial charge in [-0.1, -0.05) is 17.7 Å². The molecule has 5 nitrogen and oxygen atoms in total. The molecule has 0 aromatic heterocycles. The van der Waals surface area contributed by atoms with E-state index in [9.17, 15) is 8.42 Å². The number of fused-ring (bicyclic) bond motifs is 1. The molecule has 0 radical (unpaired) electrons. The largest absolute Gasteiger partial charge is 0.374 e. The Morgan fingerprint density at radius 2 is 2.00 bits per heavy atom. The fourth-order valence-corrected chi connectivity index (χ4v) is 4.09. The molecule has 0 saturated carbocycles. The van der Waals surface area contributed by atoms with E-state index in [4.69, 9.17) is 4.74 Å². The summed E-state index contributed by atoms with van der Waals surface area (Å²) in [4.78, 5) is 0.358. The van der Waals surface area contributed by atoms with Crippen LogP contribution in [-0.2, 0) is 14.8 Å². The summed E-state index contributed by atoms with van der Waals surface area (Å²) >= 11 is 0. The Labute approximate surface area is 113 Å². The molecule has 0 aliphatic carbocycles. The lowest BCUT2D eigenvalue weighted by atomic mass is 10.2. The zero-order chi connectivity index (χ0) is 13.5. The van der Waals surface area contributed by atoms with Crippen LogP contribution in [0.15, 0.2) is 29.2 Å². The minimum absolute atomic E-state index is 0.0195. The topological polar surface area (TPSA) is 58.6 Å². The van der Waals surface area contributed by atoms with Crippen molar-refractivity contribution in [2.75, 3.05) is 26.2 Å². The molecule has 0 bridgehead atoms. The van der Waals surface area contributed by atoms with E-state index in [-0.39, 0.29) is 12.1 Å². The van der Waals surface area contributed by atoms with Gasteiger partial charge in [-0.05, 0) is 19.1 Å². The van der Waals surface area contributed by atoms with E-state index in [0.717, 1.165) is 12.1 Å². The number of ether oxygens (including phenoxy) is 1. The molecule has 2 saturated heterocycles. The minimum atomic E-state index is -3.40. The quantitative estimate of drug-likeness (QED) is 0.851. The lowest BCUT2D eigenvalue weighted by Crippen LogP contribution is -2.47. The van der Waals surface area contributed by atoms with Crippen LogP contribution in [0, 0.1) is 6.92 Å². The third-order valence-electron chi connectivity index (χ3n) is 3.73. The Morgan fingerprint density at radius 1 is 1.26 bits per heavy atom. The number of rotatable bonds is 2. The van der Waals surface area contributed by atoms with Crippen molar-refractivity contribution < 1.29 is 13.2 Å². The lowest BCUT2D eigenvalue weighted by Gasteiger charge is -2.25. The van der Waals surface area contributed by atoms with Crippen LogP contribution >= 0.6 is 0 Å². The lowest BCUT2D eigenvalue weighted by molar-refractivity contribution is 0.0194. The summed E-state index contributed by atoms with van der Waals surface area (Å²) in [5.74, 6) is 0. The maximum Gasteiger partial charge on any atom is 0.243 e. The summed E-state index contributed by atoms with van der Waals surface area (Å²) in [6.45, 7) is 4.31. The van der Waals surface area contributed by atoms with Gasteiger partial charge in [0.25, 0.3) is 0 Å². The molecule has 0 amide bonds. The second-order valence-corrected chi connectivity index (χ2v) is 7.04. The predicted molar refractivity (Wildman–Crippen MR) is 71.5 cm³/mol. The zero-order valence-corrected chi connectivity index (χ0v) is 11.7. The van der Waals surface area contributed by atoms with Crippen molar-refractivity contribution in [2.24, 2.45) is 0 Å². The second kappa shape index (κ2) is 4.86. The molecule has 2 atom stereocenters. The highest BCUT2D eigenvalue weighted by Gasteiger charge is 2.41. The molecular weight excluding hydrogens is 264 g/mol. The molecule has 0 spiro atoms. The number of nitrogens with one attached hydrogen (secondary N) is 1. The molecule has 2 heterocycles. The van der Waals surface area contributed by atoms with E-state index in [1.807, 2.05) is 19.1 Å². The first-order valence-corrected chi connectivity index (χ1v) is 7.93. The first kappa shape index (κ1) is 13.1. The van der Waals surface area contributed by atoms with Crippen molar-refractivity contribution in [3.8, 4) is 0 Å². The van der Waals surface area contributed by atoms with Crippen molar-refractivity contribution in [3.05, 3.63) is 29.8 Å². The Bertz CT molecular complexity index is 542. The van der Waals surface area contributed by atoms with Crippen LogP contribution in [0.1, 0.15) is 5.56 Å². The van der Waals surface area contributed by atoms with Crippen molar-refractivity contribution >= 4 is 10.0 Å². The summed E-state index contributed by atoms with van der Waals surface area (Å²) in [7, 11) is -3.40. The summed E-state index contributed by atoms with van der Waals surface area (Å²) < 4.78 is 32.2. The molecule has 2 aliphatic rings. The molecule has 1 aromatic carbocycles. The van der Waals surface area contributed by atoms with Crippen LogP contribution in [0.3, 0.4) is 0 Å². The van der Waals surface area contributed by atoms with Gasteiger partial charge in [0.1, 0.15) is 0 Å². The molecular formula is C13H18N2O3S. The van der Waals surface area contributed by atoms with Gasteiger partial charge in [-0.15, -0.1) is 0 Å². The third kappa shape index (κ3) is 2.41. The Balaban J connectivity index is 1.83. The fourth-order valence-electron chi connectivity index (χ4n) is 2.61. The van der Waals surface area contributed by atoms with Gasteiger partial charge in [0.05, 0.1) is 17.6 Å². The highest BCUT2D eigenvalue weighted by Crippen LogP contribution is 2.24. The highest BCUT2D eigenvalue weighted by molar-refractivity contribution is 7.89. The van der Waals surface area contributed by atoms with Crippen LogP contribution in [0.4, 0.5) is 0 Å². The number of nitrogens with zero attached hydrogens (tertiary/aromatic N) is 1. The molecule has 104 valence electrons. The number of hydrogen-bond donors (Lipinski definition) is 1. The number of sulfonamides is 1. The van der Waals surface area contributed by atoms with E-state index < -0.39 is 10.0 Å². The van der Waals surface area contributed by atoms with Gasteiger partial charge in [0.2, 0.25) is 10.0 Å². The van der Waals surface area contributed by atoms with Gasteiger partial charge in [-0.25, -0.2) is 8.42 Å². The standard InChI is InChI=1S/C13H18N2O3S/c1-10-2-4-11(5-3-10)19(16,17)15-8-12-13(9-15)18-7-6-14-12/h2-5,12-14H,6-9H2,1H3/t12-,13?/m0/s1. The Hall–Kier alpha value is -0.950. The average molecular weight is 282 g/mol. The molecule has 19 heavy (non-hydrogen) atoms. The summed E-state index contributed by atoms with van der Waals surface area (Å²) in [6.07, 6.45) is -0.0195. The van der Waals surface area contributed by atoms with Crippen molar-refractivity contribution in [2.45, 2.75) is 24.0 Å². The van der Waals surface area contributed by atoms with Gasteiger partial charge in [0, 0.05) is 25.7 Å². The van der Waals surface area contributed by atoms with Crippen LogP contribution in [0.25, 0.3) is 0 Å². The van der Waals surface area contributed by atoms with Crippen LogP contribution < -0.4 is 5.32 Å².